The lowest BCUT2D eigenvalue weighted by molar-refractivity contribution is 0.201. The summed E-state index contributed by atoms with van der Waals surface area (Å²) in [7, 11) is -1.48. The number of benzene rings is 1. The van der Waals surface area contributed by atoms with Crippen molar-refractivity contribution in [1.82, 2.24) is 4.31 Å². The second-order valence-electron chi connectivity index (χ2n) is 6.66. The van der Waals surface area contributed by atoms with Gasteiger partial charge in [-0.1, -0.05) is 0 Å². The molecular weight excluding hydrogens is 331 g/mol. The van der Waals surface area contributed by atoms with Crippen LogP contribution in [0.1, 0.15) is 25.3 Å². The van der Waals surface area contributed by atoms with E-state index in [0.717, 1.165) is 37.2 Å². The van der Waals surface area contributed by atoms with Gasteiger partial charge in [0.2, 0.25) is 10.0 Å². The van der Waals surface area contributed by atoms with Crippen molar-refractivity contribution < 1.29 is 17.5 Å². The predicted molar refractivity (Wildman–Crippen MR) is 92.4 cm³/mol. The van der Waals surface area contributed by atoms with Crippen molar-refractivity contribution in [1.29, 1.82) is 0 Å². The Hall–Kier alpha value is -1.18. The molecule has 1 saturated heterocycles. The standard InChI is InChI=1S/C17H25FN2O3S/c1-3-24(21,22)20-8-6-17(7-9-20)13-19(10-11-23-2)16-5-4-14(18)12-15(16)17/h4-5,12H,3,6-11,13H2,1-2H3. The molecule has 0 aromatic heterocycles. The summed E-state index contributed by atoms with van der Waals surface area (Å²) < 4.78 is 44.8. The van der Waals surface area contributed by atoms with Gasteiger partial charge in [-0.25, -0.2) is 17.1 Å². The van der Waals surface area contributed by atoms with Crippen LogP contribution in [0.3, 0.4) is 0 Å². The molecule has 134 valence electrons. The fourth-order valence-corrected chi connectivity index (χ4v) is 5.05. The largest absolute Gasteiger partial charge is 0.383 e. The van der Waals surface area contributed by atoms with Crippen LogP contribution in [0.15, 0.2) is 18.2 Å². The maximum atomic E-state index is 13.9. The molecule has 0 atom stereocenters. The molecule has 2 heterocycles. The van der Waals surface area contributed by atoms with E-state index in [2.05, 4.69) is 4.90 Å². The van der Waals surface area contributed by atoms with Gasteiger partial charge in [-0.15, -0.1) is 0 Å². The van der Waals surface area contributed by atoms with E-state index in [1.165, 1.54) is 6.07 Å². The summed E-state index contributed by atoms with van der Waals surface area (Å²) >= 11 is 0. The lowest BCUT2D eigenvalue weighted by Crippen LogP contribution is -2.47. The third-order valence-corrected chi connectivity index (χ3v) is 7.25. The number of piperidine rings is 1. The molecule has 1 aromatic carbocycles. The van der Waals surface area contributed by atoms with Crippen LogP contribution in [-0.2, 0) is 20.2 Å². The summed E-state index contributed by atoms with van der Waals surface area (Å²) in [6, 6.07) is 4.96. The van der Waals surface area contributed by atoms with Crippen molar-refractivity contribution in [3.63, 3.8) is 0 Å². The molecule has 24 heavy (non-hydrogen) atoms. The van der Waals surface area contributed by atoms with E-state index in [-0.39, 0.29) is 17.0 Å². The first-order valence-corrected chi connectivity index (χ1v) is 10.0. The monoisotopic (exact) mass is 356 g/mol. The van der Waals surface area contributed by atoms with E-state index in [0.29, 0.717) is 19.7 Å². The van der Waals surface area contributed by atoms with Crippen LogP contribution >= 0.6 is 0 Å². The zero-order valence-corrected chi connectivity index (χ0v) is 15.1. The van der Waals surface area contributed by atoms with Gasteiger partial charge in [0, 0.05) is 44.4 Å². The molecule has 1 aromatic rings. The molecule has 0 radical (unpaired) electrons. The van der Waals surface area contributed by atoms with Crippen LogP contribution in [0.4, 0.5) is 10.1 Å². The number of rotatable bonds is 5. The van der Waals surface area contributed by atoms with Crippen molar-refractivity contribution in [3.05, 3.63) is 29.6 Å². The number of halogens is 1. The number of ether oxygens (including phenoxy) is 1. The molecular formula is C17H25FN2O3S. The number of fused-ring (bicyclic) bond motifs is 2. The molecule has 0 unspecified atom stereocenters. The number of hydrogen-bond donors (Lipinski definition) is 0. The molecule has 0 amide bonds. The summed E-state index contributed by atoms with van der Waals surface area (Å²) in [5.74, 6) is -0.101. The van der Waals surface area contributed by atoms with E-state index < -0.39 is 10.0 Å². The van der Waals surface area contributed by atoms with E-state index in [1.54, 1.807) is 24.4 Å². The molecule has 0 bridgehead atoms. The highest BCUT2D eigenvalue weighted by molar-refractivity contribution is 7.89. The van der Waals surface area contributed by atoms with Crippen LogP contribution in [0, 0.1) is 5.82 Å². The highest BCUT2D eigenvalue weighted by Crippen LogP contribution is 2.47. The summed E-state index contributed by atoms with van der Waals surface area (Å²) in [6.45, 7) is 4.85. The average molecular weight is 356 g/mol. The Labute approximate surface area is 143 Å². The number of nitrogens with zero attached hydrogens (tertiary/aromatic N) is 2. The Bertz CT molecular complexity index is 700. The Morgan fingerprint density at radius 1 is 1.29 bits per heavy atom. The van der Waals surface area contributed by atoms with Crippen molar-refractivity contribution in [2.24, 2.45) is 0 Å². The second kappa shape index (κ2) is 6.61. The smallest absolute Gasteiger partial charge is 0.213 e. The molecule has 1 spiro atoms. The molecule has 1 fully saturated rings. The van der Waals surface area contributed by atoms with Crippen LogP contribution in [0.5, 0.6) is 0 Å². The Morgan fingerprint density at radius 2 is 2.00 bits per heavy atom. The average Bonchev–Trinajstić information content (AvgIpc) is 2.86. The first-order valence-electron chi connectivity index (χ1n) is 8.43. The fourth-order valence-electron chi connectivity index (χ4n) is 3.95. The van der Waals surface area contributed by atoms with E-state index in [9.17, 15) is 12.8 Å². The molecule has 0 N–H and O–H groups in total. The minimum atomic E-state index is -3.16. The molecule has 5 nitrogen and oxygen atoms in total. The lowest BCUT2D eigenvalue weighted by atomic mass is 9.75. The van der Waals surface area contributed by atoms with Crippen LogP contribution in [0.2, 0.25) is 0 Å². The molecule has 3 rings (SSSR count). The van der Waals surface area contributed by atoms with Gasteiger partial charge < -0.3 is 9.64 Å². The summed E-state index contributed by atoms with van der Waals surface area (Å²) in [5.41, 5.74) is 1.91. The van der Waals surface area contributed by atoms with E-state index in [1.807, 2.05) is 6.07 Å². The number of hydrogen-bond acceptors (Lipinski definition) is 4. The highest BCUT2D eigenvalue weighted by atomic mass is 32.2. The minimum Gasteiger partial charge on any atom is -0.383 e. The van der Waals surface area contributed by atoms with Crippen molar-refractivity contribution in [3.8, 4) is 0 Å². The van der Waals surface area contributed by atoms with E-state index >= 15 is 0 Å². The van der Waals surface area contributed by atoms with Crippen molar-refractivity contribution >= 4 is 15.7 Å². The Morgan fingerprint density at radius 3 is 2.62 bits per heavy atom. The van der Waals surface area contributed by atoms with Gasteiger partial charge in [0.05, 0.1) is 12.4 Å². The number of anilines is 1. The third kappa shape index (κ3) is 3.05. The predicted octanol–water partition coefficient (Wildman–Crippen LogP) is 1.98. The third-order valence-electron chi connectivity index (χ3n) is 5.37. The molecule has 0 aliphatic carbocycles. The van der Waals surface area contributed by atoms with Gasteiger partial charge in [-0.3, -0.25) is 0 Å². The Balaban J connectivity index is 1.86. The Kier molecular flexibility index (Phi) is 4.86. The SMILES string of the molecule is CCS(=O)(=O)N1CCC2(CC1)CN(CCOC)c1ccc(F)cc12. The van der Waals surface area contributed by atoms with E-state index in [4.69, 9.17) is 4.74 Å². The van der Waals surface area contributed by atoms with Crippen LogP contribution < -0.4 is 4.90 Å². The molecule has 7 heteroatoms. The zero-order valence-electron chi connectivity index (χ0n) is 14.3. The normalized spacial score (nSPS) is 20.5. The fraction of sp³-hybridized carbons (Fsp3) is 0.647. The summed E-state index contributed by atoms with van der Waals surface area (Å²) in [6.07, 6.45) is 1.46. The maximum Gasteiger partial charge on any atom is 0.213 e. The molecule has 2 aliphatic heterocycles. The van der Waals surface area contributed by atoms with Crippen molar-refractivity contribution in [2.75, 3.05) is 50.5 Å². The van der Waals surface area contributed by atoms with Gasteiger partial charge in [0.1, 0.15) is 5.82 Å². The molecule has 2 aliphatic rings. The number of methoxy groups -OCH3 is 1. The topological polar surface area (TPSA) is 49.9 Å². The van der Waals surface area contributed by atoms with Crippen LogP contribution in [0.25, 0.3) is 0 Å². The first-order chi connectivity index (χ1) is 11.4. The summed E-state index contributed by atoms with van der Waals surface area (Å²) in [5, 5.41) is 0. The van der Waals surface area contributed by atoms with Crippen molar-refractivity contribution in [2.45, 2.75) is 25.2 Å². The highest BCUT2D eigenvalue weighted by Gasteiger charge is 2.46. The quantitative estimate of drug-likeness (QED) is 0.809. The van der Waals surface area contributed by atoms with Gasteiger partial charge in [0.25, 0.3) is 0 Å². The summed E-state index contributed by atoms with van der Waals surface area (Å²) in [4.78, 5) is 2.24. The second-order valence-corrected chi connectivity index (χ2v) is 8.91. The molecule has 0 saturated carbocycles. The van der Waals surface area contributed by atoms with Crippen LogP contribution in [-0.4, -0.2) is 58.4 Å². The van der Waals surface area contributed by atoms with Gasteiger partial charge in [-0.2, -0.15) is 0 Å². The van der Waals surface area contributed by atoms with Gasteiger partial charge >= 0.3 is 0 Å². The minimum absolute atomic E-state index is 0.130. The first kappa shape index (κ1) is 17.6. The lowest BCUT2D eigenvalue weighted by Gasteiger charge is -2.39. The number of sulfonamides is 1. The van der Waals surface area contributed by atoms with Gasteiger partial charge in [-0.05, 0) is 43.5 Å². The zero-order chi connectivity index (χ0) is 17.4. The maximum absolute atomic E-state index is 13.9. The van der Waals surface area contributed by atoms with Gasteiger partial charge in [0.15, 0.2) is 0 Å².